The van der Waals surface area contributed by atoms with Gasteiger partial charge in [-0.15, -0.1) is 0 Å². The van der Waals surface area contributed by atoms with Gasteiger partial charge in [0.2, 0.25) is 6.54 Å². The number of hydrogen-bond acceptors (Lipinski definition) is 8. The summed E-state index contributed by atoms with van der Waals surface area (Å²) in [6, 6.07) is 1.95. The third-order valence-corrected chi connectivity index (χ3v) is 4.10. The van der Waals surface area contributed by atoms with Crippen molar-refractivity contribution in [3.8, 4) is 6.07 Å². The minimum atomic E-state index is -0.969. The molecule has 9 nitrogen and oxygen atoms in total. The van der Waals surface area contributed by atoms with Crippen LogP contribution in [0.25, 0.3) is 0 Å². The van der Waals surface area contributed by atoms with Crippen LogP contribution in [0, 0.1) is 27.4 Å². The monoisotopic (exact) mass is 328 g/mol. The molecular formula is C14H20N2O7. The Morgan fingerprint density at radius 2 is 1.65 bits per heavy atom. The van der Waals surface area contributed by atoms with Gasteiger partial charge in [-0.2, -0.15) is 5.26 Å². The van der Waals surface area contributed by atoms with E-state index in [9.17, 15) is 15.4 Å². The molecule has 9 heteroatoms. The summed E-state index contributed by atoms with van der Waals surface area (Å²) in [5.74, 6) is -2.73. The first-order valence-corrected chi connectivity index (χ1v) is 7.50. The van der Waals surface area contributed by atoms with Gasteiger partial charge in [0.15, 0.2) is 17.9 Å². The van der Waals surface area contributed by atoms with Crippen LogP contribution in [-0.4, -0.2) is 53.7 Å². The van der Waals surface area contributed by atoms with Crippen LogP contribution in [0.15, 0.2) is 0 Å². The minimum Gasteiger partial charge on any atom is -0.342 e. The van der Waals surface area contributed by atoms with Crippen molar-refractivity contribution in [2.24, 2.45) is 5.92 Å². The maximum Gasteiger partial charge on any atom is 0.222 e. The van der Waals surface area contributed by atoms with E-state index in [4.69, 9.17) is 23.7 Å². The molecule has 6 atom stereocenters. The molecule has 3 aliphatic rings. The number of ether oxygens (including phenoxy) is 5. The van der Waals surface area contributed by atoms with E-state index in [0.717, 1.165) is 0 Å². The third-order valence-electron chi connectivity index (χ3n) is 4.10. The fraction of sp³-hybridized carbons (Fsp3) is 0.929. The molecule has 3 heterocycles. The van der Waals surface area contributed by atoms with Gasteiger partial charge in [0.1, 0.15) is 30.3 Å². The van der Waals surface area contributed by atoms with Gasteiger partial charge in [0.25, 0.3) is 0 Å². The van der Waals surface area contributed by atoms with Crippen molar-refractivity contribution in [1.29, 1.82) is 5.26 Å². The molecule has 23 heavy (non-hydrogen) atoms. The van der Waals surface area contributed by atoms with E-state index in [1.807, 2.05) is 6.07 Å². The van der Waals surface area contributed by atoms with Crippen molar-refractivity contribution >= 4 is 0 Å². The lowest BCUT2D eigenvalue weighted by Crippen LogP contribution is -2.57. The normalized spacial score (nSPS) is 41.6. The van der Waals surface area contributed by atoms with Crippen molar-refractivity contribution in [2.45, 2.75) is 70.0 Å². The molecular weight excluding hydrogens is 308 g/mol. The van der Waals surface area contributed by atoms with Crippen LogP contribution in [0.2, 0.25) is 0 Å². The van der Waals surface area contributed by atoms with E-state index in [2.05, 4.69) is 0 Å². The summed E-state index contributed by atoms with van der Waals surface area (Å²) in [4.78, 5) is 10.3. The average molecular weight is 328 g/mol. The lowest BCUT2D eigenvalue weighted by molar-refractivity contribution is -0.489. The van der Waals surface area contributed by atoms with Crippen LogP contribution in [0.1, 0.15) is 27.7 Å². The number of nitriles is 1. The van der Waals surface area contributed by atoms with Gasteiger partial charge in [-0.25, -0.2) is 0 Å². The van der Waals surface area contributed by atoms with Crippen LogP contribution < -0.4 is 0 Å². The second-order valence-electron chi connectivity index (χ2n) is 6.88. The first-order chi connectivity index (χ1) is 10.6. The maximum atomic E-state index is 10.8. The lowest BCUT2D eigenvalue weighted by atomic mass is 9.90. The summed E-state index contributed by atoms with van der Waals surface area (Å²) < 4.78 is 29.1. The van der Waals surface area contributed by atoms with Gasteiger partial charge in [0.05, 0.1) is 6.07 Å². The molecule has 0 N–H and O–H groups in total. The number of nitrogens with zero attached hydrogens (tertiary/aromatic N) is 2. The van der Waals surface area contributed by atoms with E-state index in [-0.39, 0.29) is 0 Å². The van der Waals surface area contributed by atoms with Crippen LogP contribution >= 0.6 is 0 Å². The Bertz CT molecular complexity index is 544. The van der Waals surface area contributed by atoms with Crippen molar-refractivity contribution in [1.82, 2.24) is 0 Å². The van der Waals surface area contributed by atoms with Gasteiger partial charge in [0, 0.05) is 4.92 Å². The van der Waals surface area contributed by atoms with E-state index in [1.54, 1.807) is 27.7 Å². The second kappa shape index (κ2) is 5.36. The van der Waals surface area contributed by atoms with Gasteiger partial charge in [-0.1, -0.05) is 0 Å². The first kappa shape index (κ1) is 16.5. The smallest absolute Gasteiger partial charge is 0.222 e. The summed E-state index contributed by atoms with van der Waals surface area (Å²) in [5.41, 5.74) is 0. The van der Waals surface area contributed by atoms with Crippen molar-refractivity contribution in [2.75, 3.05) is 6.54 Å². The number of hydrogen-bond donors (Lipinski definition) is 0. The highest BCUT2D eigenvalue weighted by atomic mass is 16.9. The maximum absolute atomic E-state index is 10.8. The van der Waals surface area contributed by atoms with Crippen LogP contribution in [-0.2, 0) is 23.7 Å². The Morgan fingerprint density at radius 3 is 2.26 bits per heavy atom. The summed E-state index contributed by atoms with van der Waals surface area (Å²) in [6.07, 6.45) is -3.23. The Hall–Kier alpha value is -1.31. The molecule has 0 saturated carbocycles. The van der Waals surface area contributed by atoms with E-state index in [0.29, 0.717) is 0 Å². The van der Waals surface area contributed by atoms with Gasteiger partial charge >= 0.3 is 0 Å². The summed E-state index contributed by atoms with van der Waals surface area (Å²) in [5, 5.41) is 20.2. The van der Waals surface area contributed by atoms with Crippen molar-refractivity contribution in [3.63, 3.8) is 0 Å². The fourth-order valence-electron chi connectivity index (χ4n) is 3.35. The predicted molar refractivity (Wildman–Crippen MR) is 73.5 cm³/mol. The molecule has 3 fully saturated rings. The van der Waals surface area contributed by atoms with Gasteiger partial charge < -0.3 is 23.7 Å². The molecule has 0 spiro atoms. The zero-order chi connectivity index (χ0) is 17.0. The molecule has 0 aliphatic carbocycles. The van der Waals surface area contributed by atoms with Crippen LogP contribution in [0.3, 0.4) is 0 Å². The SMILES string of the molecule is CC1(C)O[C@@H]2[C@H](O1)[C@H]1OC(C)(C)O[C@@H]1O[C@@H]2[C@@H](C#N)C[N+](=O)[O-]. The quantitative estimate of drug-likeness (QED) is 0.552. The predicted octanol–water partition coefficient (Wildman–Crippen LogP) is 0.799. The Labute approximate surface area is 133 Å². The molecule has 0 amide bonds. The number of fused-ring (bicyclic) bond motifs is 3. The Kier molecular flexibility index (Phi) is 3.85. The molecule has 0 aromatic rings. The highest BCUT2D eigenvalue weighted by Crippen LogP contribution is 2.45. The highest BCUT2D eigenvalue weighted by molar-refractivity contribution is 5.05. The third kappa shape index (κ3) is 3.05. The van der Waals surface area contributed by atoms with Crippen LogP contribution in [0.4, 0.5) is 0 Å². The van der Waals surface area contributed by atoms with Crippen LogP contribution in [0.5, 0.6) is 0 Å². The summed E-state index contributed by atoms with van der Waals surface area (Å²) in [7, 11) is 0. The highest BCUT2D eigenvalue weighted by Gasteiger charge is 2.62. The minimum absolute atomic E-state index is 0.511. The molecule has 3 rings (SSSR count). The Morgan fingerprint density at radius 1 is 1.09 bits per heavy atom. The van der Waals surface area contributed by atoms with E-state index in [1.165, 1.54) is 0 Å². The average Bonchev–Trinajstić information content (AvgIpc) is 2.89. The molecule has 0 aromatic carbocycles. The van der Waals surface area contributed by atoms with Gasteiger partial charge in [-0.05, 0) is 27.7 Å². The first-order valence-electron chi connectivity index (χ1n) is 7.50. The van der Waals surface area contributed by atoms with Gasteiger partial charge in [-0.3, -0.25) is 10.1 Å². The molecule has 0 bridgehead atoms. The number of nitro groups is 1. The molecule has 128 valence electrons. The topological polar surface area (TPSA) is 113 Å². The van der Waals surface area contributed by atoms with Crippen molar-refractivity contribution in [3.05, 3.63) is 10.1 Å². The largest absolute Gasteiger partial charge is 0.342 e. The van der Waals surface area contributed by atoms with Crippen molar-refractivity contribution < 1.29 is 28.6 Å². The zero-order valence-corrected chi connectivity index (χ0v) is 13.4. The van der Waals surface area contributed by atoms with E-state index >= 15 is 0 Å². The molecule has 0 aromatic heterocycles. The molecule has 0 radical (unpaired) electrons. The lowest BCUT2D eigenvalue weighted by Gasteiger charge is -2.38. The van der Waals surface area contributed by atoms with E-state index < -0.39 is 59.7 Å². The number of rotatable bonds is 3. The fourth-order valence-corrected chi connectivity index (χ4v) is 3.35. The molecule has 0 unspecified atom stereocenters. The standard InChI is InChI=1S/C14H20N2O7/c1-13(2)20-9-8(7(5-15)6-16(17)18)19-12-11(10(9)21-13)22-14(3,4)23-12/h7-12H,6H2,1-4H3/t7-,8+,9-,10-,11+,12-/m0/s1. The summed E-state index contributed by atoms with van der Waals surface area (Å²) >= 11 is 0. The second-order valence-corrected chi connectivity index (χ2v) is 6.88. The Balaban J connectivity index is 1.89. The zero-order valence-electron chi connectivity index (χ0n) is 13.4. The summed E-state index contributed by atoms with van der Waals surface area (Å²) in [6.45, 7) is 6.45. The molecule has 3 aliphatic heterocycles. The molecule has 3 saturated heterocycles.